The fourth-order valence-electron chi connectivity index (χ4n) is 1.69. The van der Waals surface area contributed by atoms with Gasteiger partial charge in [-0.05, 0) is 13.8 Å². The third-order valence-corrected chi connectivity index (χ3v) is 3.83. The number of hydroxylamine groups is 2. The number of nitrogens with one attached hydrogen (secondary N) is 1. The average Bonchev–Trinajstić information content (AvgIpc) is 3.02. The molecule has 0 aliphatic carbocycles. The number of hydrogen-bond donors (Lipinski definition) is 4. The molecule has 15 heteroatoms. The summed E-state index contributed by atoms with van der Waals surface area (Å²) in [6, 6.07) is -1.00. The molecule has 152 valence electrons. The molecule has 1 aromatic rings. The van der Waals surface area contributed by atoms with Crippen LogP contribution in [0.1, 0.15) is 19.7 Å². The maximum Gasteiger partial charge on any atom is 0.350 e. The first-order valence-corrected chi connectivity index (χ1v) is 8.34. The first-order chi connectivity index (χ1) is 13.0. The minimum atomic E-state index is -1.75. The summed E-state index contributed by atoms with van der Waals surface area (Å²) in [5.74, 6) is -4.41. The largest absolute Gasteiger partial charge is 0.479 e. The van der Waals surface area contributed by atoms with Crippen LogP contribution < -0.4 is 11.1 Å². The van der Waals surface area contributed by atoms with Crippen LogP contribution in [-0.4, -0.2) is 78.9 Å². The summed E-state index contributed by atoms with van der Waals surface area (Å²) in [6.07, 6.45) is 0. The van der Waals surface area contributed by atoms with E-state index in [-0.39, 0.29) is 17.5 Å². The first kappa shape index (κ1) is 21.0. The van der Waals surface area contributed by atoms with Crippen molar-refractivity contribution >= 4 is 46.1 Å². The number of carboxylic acids is 2. The lowest BCUT2D eigenvalue weighted by molar-refractivity contribution is -0.216. The smallest absolute Gasteiger partial charge is 0.350 e. The standard InChI is InChI=1S/C13H16N6O8S/c1-13(2,11(24)25)27-17-7(8-16-12(14)28-18-8)9(22)15-5-3-19(10(5)23)26-4-6(20)21/h5H,3-4H2,1-2H3,(H,15,22)(H,20,21)(H,24,25)(H2,14,16,18)/t5-/m0/s1. The lowest BCUT2D eigenvalue weighted by Crippen LogP contribution is -2.64. The zero-order chi connectivity index (χ0) is 21.1. The number of anilines is 1. The Kier molecular flexibility index (Phi) is 6.09. The van der Waals surface area contributed by atoms with Crippen LogP contribution in [-0.2, 0) is 28.9 Å². The Labute approximate surface area is 161 Å². The third-order valence-electron chi connectivity index (χ3n) is 3.29. The van der Waals surface area contributed by atoms with Gasteiger partial charge in [-0.2, -0.15) is 9.36 Å². The topological polar surface area (TPSA) is 207 Å². The van der Waals surface area contributed by atoms with Gasteiger partial charge >= 0.3 is 11.9 Å². The van der Waals surface area contributed by atoms with E-state index in [1.165, 1.54) is 13.8 Å². The first-order valence-electron chi connectivity index (χ1n) is 7.57. The van der Waals surface area contributed by atoms with Crippen LogP contribution in [0.3, 0.4) is 0 Å². The zero-order valence-electron chi connectivity index (χ0n) is 14.6. The van der Waals surface area contributed by atoms with Gasteiger partial charge in [-0.1, -0.05) is 5.16 Å². The molecule has 2 heterocycles. The van der Waals surface area contributed by atoms with Crippen LogP contribution >= 0.6 is 11.5 Å². The molecule has 1 fully saturated rings. The SMILES string of the molecule is CC(C)(ON=C(C(=O)N[C@H]1CN(OCC(=O)O)C1=O)c1nsc(N)n1)C(=O)O. The maximum atomic E-state index is 12.5. The number of nitrogens with two attached hydrogens (primary N) is 1. The molecule has 2 amide bonds. The number of aromatic nitrogens is 2. The Morgan fingerprint density at radius 1 is 1.43 bits per heavy atom. The maximum absolute atomic E-state index is 12.5. The molecule has 5 N–H and O–H groups in total. The number of carboxylic acid groups (broad SMARTS) is 2. The highest BCUT2D eigenvalue weighted by atomic mass is 32.1. The summed E-state index contributed by atoms with van der Waals surface area (Å²) < 4.78 is 3.82. The van der Waals surface area contributed by atoms with Crippen molar-refractivity contribution in [1.82, 2.24) is 19.7 Å². The molecular formula is C13H16N6O8S. The van der Waals surface area contributed by atoms with Crippen LogP contribution in [0.25, 0.3) is 0 Å². The Bertz CT molecular complexity index is 837. The number of oxime groups is 1. The predicted octanol–water partition coefficient (Wildman–Crippen LogP) is -1.95. The summed E-state index contributed by atoms with van der Waals surface area (Å²) in [5, 5.41) is 24.2. The number of aliphatic carboxylic acids is 2. The lowest BCUT2D eigenvalue weighted by atomic mass is 10.1. The van der Waals surface area contributed by atoms with Crippen LogP contribution in [0.5, 0.6) is 0 Å². The van der Waals surface area contributed by atoms with Crippen LogP contribution in [0.2, 0.25) is 0 Å². The van der Waals surface area contributed by atoms with E-state index in [0.717, 1.165) is 16.6 Å². The summed E-state index contributed by atoms with van der Waals surface area (Å²) in [5.41, 5.74) is 3.25. The van der Waals surface area contributed by atoms with Gasteiger partial charge in [0.25, 0.3) is 11.8 Å². The Hall–Kier alpha value is -3.33. The monoisotopic (exact) mass is 416 g/mol. The van der Waals surface area contributed by atoms with Crippen molar-refractivity contribution in [3.63, 3.8) is 0 Å². The highest BCUT2D eigenvalue weighted by molar-refractivity contribution is 7.09. The van der Waals surface area contributed by atoms with Crippen LogP contribution in [0.15, 0.2) is 5.16 Å². The molecule has 1 saturated heterocycles. The highest BCUT2D eigenvalue weighted by Gasteiger charge is 2.41. The highest BCUT2D eigenvalue weighted by Crippen LogP contribution is 2.14. The fourth-order valence-corrected chi connectivity index (χ4v) is 2.13. The van der Waals surface area contributed by atoms with Crippen molar-refractivity contribution in [1.29, 1.82) is 0 Å². The zero-order valence-corrected chi connectivity index (χ0v) is 15.4. The van der Waals surface area contributed by atoms with E-state index in [2.05, 4.69) is 19.8 Å². The van der Waals surface area contributed by atoms with Gasteiger partial charge in [0.05, 0.1) is 6.54 Å². The summed E-state index contributed by atoms with van der Waals surface area (Å²) >= 11 is 0.772. The van der Waals surface area contributed by atoms with Gasteiger partial charge < -0.3 is 26.1 Å². The van der Waals surface area contributed by atoms with Gasteiger partial charge in [-0.25, -0.2) is 14.7 Å². The lowest BCUT2D eigenvalue weighted by Gasteiger charge is -2.36. The molecule has 1 atom stereocenters. The van der Waals surface area contributed by atoms with Gasteiger partial charge in [0.15, 0.2) is 11.7 Å². The van der Waals surface area contributed by atoms with Crippen molar-refractivity contribution in [3.8, 4) is 0 Å². The van der Waals surface area contributed by atoms with Crippen molar-refractivity contribution in [2.75, 3.05) is 18.9 Å². The molecule has 0 aromatic carbocycles. The number of amides is 2. The second-order valence-corrected chi connectivity index (χ2v) is 6.68. The van der Waals surface area contributed by atoms with E-state index in [9.17, 15) is 19.2 Å². The molecule has 1 aromatic heterocycles. The summed E-state index contributed by atoms with van der Waals surface area (Å²) in [7, 11) is 0. The Morgan fingerprint density at radius 3 is 2.61 bits per heavy atom. The van der Waals surface area contributed by atoms with E-state index in [4.69, 9.17) is 25.6 Å². The van der Waals surface area contributed by atoms with E-state index >= 15 is 0 Å². The molecule has 1 aliphatic rings. The van der Waals surface area contributed by atoms with Gasteiger partial charge in [-0.15, -0.1) is 0 Å². The van der Waals surface area contributed by atoms with Gasteiger partial charge in [0.2, 0.25) is 17.1 Å². The van der Waals surface area contributed by atoms with Gasteiger partial charge in [-0.3, -0.25) is 14.4 Å². The number of nitrogens with zero attached hydrogens (tertiary/aromatic N) is 4. The van der Waals surface area contributed by atoms with E-state index in [1.54, 1.807) is 0 Å². The van der Waals surface area contributed by atoms with Crippen molar-refractivity contribution in [3.05, 3.63) is 5.82 Å². The second-order valence-electron chi connectivity index (χ2n) is 5.90. The van der Waals surface area contributed by atoms with Crippen molar-refractivity contribution < 1.29 is 39.1 Å². The van der Waals surface area contributed by atoms with Gasteiger partial charge in [0.1, 0.15) is 6.04 Å². The molecule has 0 spiro atoms. The molecule has 0 unspecified atom stereocenters. The Morgan fingerprint density at radius 2 is 2.11 bits per heavy atom. The molecule has 14 nitrogen and oxygen atoms in total. The number of β-lactam (4-membered cyclic amide) rings is 1. The fraction of sp³-hybridized carbons (Fsp3) is 0.462. The predicted molar refractivity (Wildman–Crippen MR) is 90.9 cm³/mol. The van der Waals surface area contributed by atoms with Crippen molar-refractivity contribution in [2.24, 2.45) is 5.16 Å². The molecule has 28 heavy (non-hydrogen) atoms. The van der Waals surface area contributed by atoms with Crippen LogP contribution in [0.4, 0.5) is 5.13 Å². The van der Waals surface area contributed by atoms with Crippen molar-refractivity contribution in [2.45, 2.75) is 25.5 Å². The van der Waals surface area contributed by atoms with Gasteiger partial charge in [0, 0.05) is 11.5 Å². The third kappa shape index (κ3) is 4.89. The summed E-state index contributed by atoms with van der Waals surface area (Å²) in [4.78, 5) is 59.3. The minimum absolute atomic E-state index is 0.0287. The number of hydrogen-bond acceptors (Lipinski definition) is 11. The van der Waals surface area contributed by atoms with E-state index < -0.39 is 47.7 Å². The second kappa shape index (κ2) is 8.13. The normalized spacial score (nSPS) is 17.1. The molecular weight excluding hydrogens is 400 g/mol. The quantitative estimate of drug-likeness (QED) is 0.197. The molecule has 0 saturated carbocycles. The number of rotatable bonds is 9. The van der Waals surface area contributed by atoms with E-state index in [1.807, 2.05) is 0 Å². The molecule has 0 bridgehead atoms. The molecule has 2 rings (SSSR count). The number of carbonyl (C=O) groups is 4. The average molecular weight is 416 g/mol. The Balaban J connectivity index is 2.09. The molecule has 0 radical (unpaired) electrons. The number of carbonyl (C=O) groups excluding carboxylic acids is 2. The molecule has 1 aliphatic heterocycles. The summed E-state index contributed by atoms with van der Waals surface area (Å²) in [6.45, 7) is 1.62. The van der Waals surface area contributed by atoms with Crippen LogP contribution in [0, 0.1) is 0 Å². The minimum Gasteiger partial charge on any atom is -0.479 e. The number of nitrogen functional groups attached to an aromatic ring is 1. The van der Waals surface area contributed by atoms with E-state index in [0.29, 0.717) is 0 Å².